The molecule has 12 nitrogen and oxygen atoms in total. The van der Waals surface area contributed by atoms with Gasteiger partial charge in [0.1, 0.15) is 17.5 Å². The molecule has 1 aromatic carbocycles. The predicted octanol–water partition coefficient (Wildman–Crippen LogP) is 11.3. The lowest BCUT2D eigenvalue weighted by Crippen LogP contribution is -2.69. The number of aliphatic hydroxyl groups is 2. The third-order valence-corrected chi connectivity index (χ3v) is 15.2. The second-order valence-corrected chi connectivity index (χ2v) is 19.9. The normalized spacial score (nSPS) is 26.5. The van der Waals surface area contributed by atoms with E-state index in [1.54, 1.807) is 12.1 Å². The molecule has 5 aliphatic rings. The molecule has 7 atom stereocenters. The maximum Gasteiger partial charge on any atom is 0.412 e. The van der Waals surface area contributed by atoms with Crippen LogP contribution in [0.4, 0.5) is 4.79 Å². The van der Waals surface area contributed by atoms with E-state index in [0.717, 1.165) is 81.1 Å². The molecule has 66 heavy (non-hydrogen) atoms. The number of benzene rings is 1. The van der Waals surface area contributed by atoms with E-state index in [0.29, 0.717) is 56.3 Å². The van der Waals surface area contributed by atoms with Crippen molar-refractivity contribution in [2.24, 2.45) is 28.8 Å². The molecular formula is C54H85N3O9. The van der Waals surface area contributed by atoms with Gasteiger partial charge in [0.05, 0.1) is 24.8 Å². The molecule has 2 aliphatic heterocycles. The molecule has 12 heteroatoms. The number of hydrogen-bond donors (Lipinski definition) is 3. The van der Waals surface area contributed by atoms with Crippen LogP contribution < -0.4 is 14.8 Å². The Morgan fingerprint density at radius 2 is 1.62 bits per heavy atom. The van der Waals surface area contributed by atoms with Gasteiger partial charge in [-0.15, -0.1) is 6.58 Å². The van der Waals surface area contributed by atoms with Crippen LogP contribution in [-0.2, 0) is 19.1 Å². The molecule has 1 aromatic rings. The van der Waals surface area contributed by atoms with Crippen LogP contribution in [0.25, 0.3) is 0 Å². The van der Waals surface area contributed by atoms with Gasteiger partial charge in [-0.2, -0.15) is 0 Å². The van der Waals surface area contributed by atoms with Gasteiger partial charge >= 0.3 is 6.09 Å². The van der Waals surface area contributed by atoms with Crippen LogP contribution in [0.1, 0.15) is 185 Å². The minimum absolute atomic E-state index is 0.0486. The number of rotatable bonds is 29. The number of carbonyl (C=O) groups is 2. The number of unbranched alkanes of at least 4 members (excludes halogenated alkanes) is 11. The summed E-state index contributed by atoms with van der Waals surface area (Å²) in [6.07, 6.45) is 29.2. The first kappa shape index (κ1) is 51.9. The number of ether oxygens (including phenoxy) is 4. The van der Waals surface area contributed by atoms with Crippen molar-refractivity contribution < 1.29 is 43.6 Å². The number of nitrogens with one attached hydrogen (secondary N) is 1. The molecule has 3 aliphatic carbocycles. The van der Waals surface area contributed by atoms with E-state index in [9.17, 15) is 19.8 Å². The first-order valence-corrected chi connectivity index (χ1v) is 26.4. The fraction of sp³-hybridized carbons (Fsp3) is 0.759. The predicted molar refractivity (Wildman–Crippen MR) is 259 cm³/mol. The highest BCUT2D eigenvalue weighted by Crippen LogP contribution is 2.62. The lowest BCUT2D eigenvalue weighted by molar-refractivity contribution is -0.256. The van der Waals surface area contributed by atoms with Gasteiger partial charge in [-0.1, -0.05) is 121 Å². The number of oxime groups is 1. The van der Waals surface area contributed by atoms with Crippen LogP contribution in [-0.4, -0.2) is 91.0 Å². The fourth-order valence-corrected chi connectivity index (χ4v) is 11.6. The minimum Gasteiger partial charge on any atom is -0.459 e. The van der Waals surface area contributed by atoms with Crippen LogP contribution in [0.15, 0.2) is 47.7 Å². The Balaban J connectivity index is 1.33. The van der Waals surface area contributed by atoms with Crippen LogP contribution in [0.2, 0.25) is 0 Å². The molecule has 0 spiro atoms. The molecule has 3 fully saturated rings. The van der Waals surface area contributed by atoms with Crippen molar-refractivity contribution in [2.75, 3.05) is 40.0 Å². The van der Waals surface area contributed by atoms with Crippen molar-refractivity contribution in [1.82, 2.24) is 10.2 Å². The number of aliphatic hydroxyl groups excluding tert-OH is 2. The second-order valence-electron chi connectivity index (χ2n) is 19.9. The van der Waals surface area contributed by atoms with Crippen molar-refractivity contribution >= 4 is 17.7 Å². The van der Waals surface area contributed by atoms with E-state index >= 15 is 0 Å². The zero-order valence-electron chi connectivity index (χ0n) is 40.7. The van der Waals surface area contributed by atoms with Crippen LogP contribution in [0, 0.1) is 23.7 Å². The average Bonchev–Trinajstić information content (AvgIpc) is 3.86. The number of nitrogens with zero attached hydrogens (tertiary/aromatic N) is 2. The van der Waals surface area contributed by atoms with Gasteiger partial charge in [0.25, 0.3) is 0 Å². The van der Waals surface area contributed by atoms with Crippen molar-refractivity contribution in [1.29, 1.82) is 0 Å². The monoisotopic (exact) mass is 920 g/mol. The maximum atomic E-state index is 14.5. The molecule has 7 unspecified atom stereocenters. The van der Waals surface area contributed by atoms with Crippen molar-refractivity contribution in [2.45, 2.75) is 198 Å². The molecule has 0 aromatic heterocycles. The molecular weight excluding hydrogens is 835 g/mol. The number of amides is 2. The zero-order chi connectivity index (χ0) is 46.6. The smallest absolute Gasteiger partial charge is 0.412 e. The lowest BCUT2D eigenvalue weighted by Gasteiger charge is -2.59. The summed E-state index contributed by atoms with van der Waals surface area (Å²) in [6, 6.07) is 5.08. The van der Waals surface area contributed by atoms with Gasteiger partial charge in [0.15, 0.2) is 0 Å². The molecule has 3 N–H and O–H groups in total. The van der Waals surface area contributed by atoms with E-state index in [-0.39, 0.29) is 43.5 Å². The van der Waals surface area contributed by atoms with Crippen LogP contribution >= 0.6 is 0 Å². The SMILES string of the molecule is C=CCOC12Oc3ccc(OC(=O)NCCCCCCCCCCCC)cc3C3C(CCCCO)C(CCCCO)C=C(C(=NOC4CCCCO4)CC1N(C)C(=O)CCC1CCCC1)C32. The molecule has 6 rings (SSSR count). The molecule has 2 saturated carbocycles. The maximum absolute atomic E-state index is 14.5. The van der Waals surface area contributed by atoms with E-state index < -0.39 is 30.1 Å². The first-order valence-electron chi connectivity index (χ1n) is 26.4. The highest BCUT2D eigenvalue weighted by atomic mass is 16.8. The Hall–Kier alpha value is -3.45. The highest BCUT2D eigenvalue weighted by molar-refractivity contribution is 6.03. The largest absolute Gasteiger partial charge is 0.459 e. The van der Waals surface area contributed by atoms with Gasteiger partial charge in [-0.3, -0.25) is 4.79 Å². The Labute approximate surface area is 396 Å². The lowest BCUT2D eigenvalue weighted by atomic mass is 9.55. The van der Waals surface area contributed by atoms with Crippen molar-refractivity contribution in [3.63, 3.8) is 0 Å². The van der Waals surface area contributed by atoms with Gasteiger partial charge in [0, 0.05) is 57.6 Å². The van der Waals surface area contributed by atoms with E-state index in [2.05, 4.69) is 24.9 Å². The third kappa shape index (κ3) is 14.1. The third-order valence-electron chi connectivity index (χ3n) is 15.2. The topological polar surface area (TPSA) is 148 Å². The Bertz CT molecular complexity index is 1710. The van der Waals surface area contributed by atoms with Crippen molar-refractivity contribution in [3.8, 4) is 11.5 Å². The molecule has 2 heterocycles. The molecule has 0 bridgehead atoms. The standard InChI is InChI=1S/C54H85N3O9/c1-4-6-7-8-9-10-11-12-13-19-32-55-53(61)64-42-29-30-47-45(38-42)51-43(26-17-21-34-59)41(25-16-20-33-58)37-44-46(56-66-50-27-18-22-36-62-50)39-48(54(65-47,52(44)51)63-35-5-2)57(3)49(60)31-28-40-23-14-15-24-40/h5,29-30,37-38,40-41,43,48,50-52,58-59H,2,4,6-28,31-36,39H2,1,3H3,(H,55,61). The number of allylic oxidation sites excluding steroid dienone is 1. The van der Waals surface area contributed by atoms with Crippen molar-refractivity contribution in [3.05, 3.63) is 48.1 Å². The molecule has 0 radical (unpaired) electrons. The summed E-state index contributed by atoms with van der Waals surface area (Å²) in [6.45, 7) is 7.89. The minimum atomic E-state index is -1.32. The second kappa shape index (κ2) is 27.5. The summed E-state index contributed by atoms with van der Waals surface area (Å²) in [5.41, 5.74) is 2.64. The molecule has 370 valence electrons. The number of fused-ring (bicyclic) bond motifs is 2. The summed E-state index contributed by atoms with van der Waals surface area (Å²) in [7, 11) is 1.89. The van der Waals surface area contributed by atoms with Gasteiger partial charge in [-0.25, -0.2) is 4.79 Å². The first-order chi connectivity index (χ1) is 32.3. The Morgan fingerprint density at radius 3 is 2.32 bits per heavy atom. The summed E-state index contributed by atoms with van der Waals surface area (Å²) >= 11 is 0. The number of likely N-dealkylation sites (N-methyl/N-ethyl adjacent to an activating group) is 1. The van der Waals surface area contributed by atoms with Crippen LogP contribution in [0.5, 0.6) is 11.5 Å². The van der Waals surface area contributed by atoms with Crippen LogP contribution in [0.3, 0.4) is 0 Å². The van der Waals surface area contributed by atoms with Gasteiger partial charge in [-0.05, 0) is 92.9 Å². The number of carbonyl (C=O) groups excluding carboxylic acids is 2. The van der Waals surface area contributed by atoms with E-state index in [1.807, 2.05) is 24.1 Å². The summed E-state index contributed by atoms with van der Waals surface area (Å²) in [4.78, 5) is 35.9. The average molecular weight is 920 g/mol. The molecule has 1 saturated heterocycles. The quantitative estimate of drug-likeness (QED) is 0.0406. The Kier molecular flexibility index (Phi) is 21.7. The summed E-state index contributed by atoms with van der Waals surface area (Å²) in [5, 5.41) is 27.9. The highest BCUT2D eigenvalue weighted by Gasteiger charge is 2.65. The fourth-order valence-electron chi connectivity index (χ4n) is 11.6. The van der Waals surface area contributed by atoms with E-state index in [1.165, 1.54) is 77.0 Å². The van der Waals surface area contributed by atoms with E-state index in [4.69, 9.17) is 28.9 Å². The van der Waals surface area contributed by atoms with Gasteiger partial charge < -0.3 is 44.2 Å². The number of hydrogen-bond acceptors (Lipinski definition) is 10. The summed E-state index contributed by atoms with van der Waals surface area (Å²) < 4.78 is 26.4. The molecule has 2 amide bonds. The zero-order valence-corrected chi connectivity index (χ0v) is 40.7. The van der Waals surface area contributed by atoms with Gasteiger partial charge in [0.2, 0.25) is 18.0 Å². The summed E-state index contributed by atoms with van der Waals surface area (Å²) in [5.74, 6) is -0.151. The Morgan fingerprint density at radius 1 is 0.909 bits per heavy atom.